The van der Waals surface area contributed by atoms with Crippen molar-refractivity contribution in [2.45, 2.75) is 26.9 Å². The van der Waals surface area contributed by atoms with E-state index in [9.17, 15) is 4.79 Å². The van der Waals surface area contributed by atoms with Gasteiger partial charge in [-0.2, -0.15) is 0 Å². The van der Waals surface area contributed by atoms with Crippen molar-refractivity contribution in [3.63, 3.8) is 0 Å². The summed E-state index contributed by atoms with van der Waals surface area (Å²) >= 11 is 0. The summed E-state index contributed by atoms with van der Waals surface area (Å²) in [7, 11) is 0. The number of carbonyl (C=O) groups is 1. The Balaban J connectivity index is 1.55. The van der Waals surface area contributed by atoms with Crippen LogP contribution in [0.3, 0.4) is 0 Å². The molecule has 3 aromatic rings. The predicted octanol–water partition coefficient (Wildman–Crippen LogP) is 3.23. The lowest BCUT2D eigenvalue weighted by atomic mass is 10.0. The van der Waals surface area contributed by atoms with E-state index in [2.05, 4.69) is 10.2 Å². The number of aryl methyl sites for hydroxylation is 2. The van der Waals surface area contributed by atoms with E-state index in [0.717, 1.165) is 11.1 Å². The van der Waals surface area contributed by atoms with Gasteiger partial charge in [0.1, 0.15) is 0 Å². The maximum absolute atomic E-state index is 11.9. The van der Waals surface area contributed by atoms with Crippen molar-refractivity contribution in [1.29, 1.82) is 0 Å². The van der Waals surface area contributed by atoms with E-state index in [0.29, 0.717) is 5.76 Å². The van der Waals surface area contributed by atoms with Crippen molar-refractivity contribution >= 4 is 5.97 Å². The molecule has 0 saturated carbocycles. The molecule has 0 radical (unpaired) electrons. The second-order valence-corrected chi connectivity index (χ2v) is 5.23. The molecule has 2 heterocycles. The zero-order valence-corrected chi connectivity index (χ0v) is 12.9. The number of aromatic nitrogens is 2. The number of nitrogens with zero attached hydrogens (tertiary/aromatic N) is 2. The van der Waals surface area contributed by atoms with Crippen LogP contribution in [-0.4, -0.2) is 16.2 Å². The third kappa shape index (κ3) is 3.66. The highest BCUT2D eigenvalue weighted by atomic mass is 16.5. The average Bonchev–Trinajstić information content (AvgIpc) is 3.19. The summed E-state index contributed by atoms with van der Waals surface area (Å²) in [4.78, 5) is 11.9. The Morgan fingerprint density at radius 2 is 2.04 bits per heavy atom. The van der Waals surface area contributed by atoms with Gasteiger partial charge in [0, 0.05) is 0 Å². The van der Waals surface area contributed by atoms with Crippen LogP contribution in [0.2, 0.25) is 0 Å². The second-order valence-electron chi connectivity index (χ2n) is 5.23. The van der Waals surface area contributed by atoms with E-state index in [-0.39, 0.29) is 30.8 Å². The third-order valence-corrected chi connectivity index (χ3v) is 3.48. The second kappa shape index (κ2) is 6.48. The van der Waals surface area contributed by atoms with E-state index >= 15 is 0 Å². The van der Waals surface area contributed by atoms with Crippen LogP contribution in [0.5, 0.6) is 0 Å². The van der Waals surface area contributed by atoms with Gasteiger partial charge < -0.3 is 13.6 Å². The number of rotatable bonds is 5. The molecule has 6 heteroatoms. The highest BCUT2D eigenvalue weighted by Crippen LogP contribution is 2.18. The molecule has 0 saturated heterocycles. The molecule has 0 spiro atoms. The van der Waals surface area contributed by atoms with Crippen LogP contribution in [0.25, 0.3) is 11.7 Å². The molecule has 0 fully saturated rings. The van der Waals surface area contributed by atoms with E-state index in [1.165, 1.54) is 11.8 Å². The minimum absolute atomic E-state index is 0.0581. The molecule has 23 heavy (non-hydrogen) atoms. The number of esters is 1. The SMILES string of the molecule is Cc1ccc(CC(=O)OCc2nnc(-c3ccco3)o2)cc1C. The van der Waals surface area contributed by atoms with Crippen molar-refractivity contribution in [3.8, 4) is 11.7 Å². The molecule has 0 bridgehead atoms. The van der Waals surface area contributed by atoms with E-state index < -0.39 is 0 Å². The van der Waals surface area contributed by atoms with Gasteiger partial charge in [-0.05, 0) is 42.7 Å². The molecule has 0 atom stereocenters. The summed E-state index contributed by atoms with van der Waals surface area (Å²) in [5.41, 5.74) is 3.26. The first-order valence-corrected chi connectivity index (χ1v) is 7.20. The summed E-state index contributed by atoms with van der Waals surface area (Å²) < 4.78 is 15.7. The van der Waals surface area contributed by atoms with Crippen molar-refractivity contribution in [1.82, 2.24) is 10.2 Å². The van der Waals surface area contributed by atoms with E-state index in [4.69, 9.17) is 13.6 Å². The van der Waals surface area contributed by atoms with Gasteiger partial charge in [0.25, 0.3) is 11.8 Å². The Hall–Kier alpha value is -2.89. The molecule has 1 aromatic carbocycles. The summed E-state index contributed by atoms with van der Waals surface area (Å²) in [5.74, 6) is 0.622. The Morgan fingerprint density at radius 3 is 2.78 bits per heavy atom. The average molecular weight is 312 g/mol. The summed E-state index contributed by atoms with van der Waals surface area (Å²) in [5, 5.41) is 7.66. The molecule has 6 nitrogen and oxygen atoms in total. The molecule has 118 valence electrons. The monoisotopic (exact) mass is 312 g/mol. The Bertz CT molecular complexity index is 806. The van der Waals surface area contributed by atoms with Crippen molar-refractivity contribution in [3.05, 3.63) is 59.2 Å². The van der Waals surface area contributed by atoms with Gasteiger partial charge in [0.05, 0.1) is 12.7 Å². The smallest absolute Gasteiger partial charge is 0.310 e. The predicted molar refractivity (Wildman–Crippen MR) is 81.4 cm³/mol. The zero-order valence-electron chi connectivity index (χ0n) is 12.9. The van der Waals surface area contributed by atoms with Crippen LogP contribution >= 0.6 is 0 Å². The maximum Gasteiger partial charge on any atom is 0.310 e. The minimum Gasteiger partial charge on any atom is -0.459 e. The minimum atomic E-state index is -0.342. The molecular weight excluding hydrogens is 296 g/mol. The number of ether oxygens (including phenoxy) is 1. The van der Waals surface area contributed by atoms with Crippen LogP contribution in [-0.2, 0) is 22.6 Å². The van der Waals surface area contributed by atoms with Crippen molar-refractivity contribution in [2.24, 2.45) is 0 Å². The lowest BCUT2D eigenvalue weighted by Crippen LogP contribution is -2.08. The van der Waals surface area contributed by atoms with Gasteiger partial charge >= 0.3 is 5.97 Å². The molecule has 0 aliphatic carbocycles. The Labute approximate surface area is 133 Å². The topological polar surface area (TPSA) is 78.4 Å². The molecule has 0 aliphatic rings. The van der Waals surface area contributed by atoms with Crippen LogP contribution in [0, 0.1) is 13.8 Å². The zero-order chi connectivity index (χ0) is 16.2. The van der Waals surface area contributed by atoms with E-state index in [1.807, 2.05) is 32.0 Å². The third-order valence-electron chi connectivity index (χ3n) is 3.48. The largest absolute Gasteiger partial charge is 0.459 e. The van der Waals surface area contributed by atoms with Gasteiger partial charge in [-0.1, -0.05) is 18.2 Å². The number of hydrogen-bond acceptors (Lipinski definition) is 6. The van der Waals surface area contributed by atoms with Gasteiger partial charge in [-0.15, -0.1) is 10.2 Å². The summed E-state index contributed by atoms with van der Waals surface area (Å²) in [6, 6.07) is 9.33. The first-order valence-electron chi connectivity index (χ1n) is 7.20. The molecule has 0 amide bonds. The van der Waals surface area contributed by atoms with Gasteiger partial charge in [-0.25, -0.2) is 0 Å². The summed E-state index contributed by atoms with van der Waals surface area (Å²) in [6.07, 6.45) is 1.73. The molecule has 0 aliphatic heterocycles. The number of furan rings is 1. The lowest BCUT2D eigenvalue weighted by Gasteiger charge is -2.05. The van der Waals surface area contributed by atoms with Gasteiger partial charge in [0.2, 0.25) is 0 Å². The lowest BCUT2D eigenvalue weighted by molar-refractivity contribution is -0.144. The first kappa shape index (κ1) is 15.0. The molecule has 0 unspecified atom stereocenters. The normalized spacial score (nSPS) is 10.7. The number of benzene rings is 1. The quantitative estimate of drug-likeness (QED) is 0.673. The van der Waals surface area contributed by atoms with Crippen molar-refractivity contribution < 1.29 is 18.4 Å². The van der Waals surface area contributed by atoms with Crippen LogP contribution < -0.4 is 0 Å². The van der Waals surface area contributed by atoms with Crippen LogP contribution in [0.1, 0.15) is 22.6 Å². The fourth-order valence-electron chi connectivity index (χ4n) is 2.09. The van der Waals surface area contributed by atoms with Crippen molar-refractivity contribution in [2.75, 3.05) is 0 Å². The molecule has 0 N–H and O–H groups in total. The Morgan fingerprint density at radius 1 is 1.17 bits per heavy atom. The Kier molecular flexibility index (Phi) is 4.23. The van der Waals surface area contributed by atoms with E-state index in [1.54, 1.807) is 12.1 Å². The van der Waals surface area contributed by atoms with Gasteiger partial charge in [-0.3, -0.25) is 4.79 Å². The molecular formula is C17H16N2O4. The highest BCUT2D eigenvalue weighted by Gasteiger charge is 2.13. The first-order chi connectivity index (χ1) is 11.1. The standard InChI is InChI=1S/C17H16N2O4/c1-11-5-6-13(8-12(11)2)9-16(20)22-10-15-18-19-17(23-15)14-4-3-7-21-14/h3-8H,9-10H2,1-2H3. The van der Waals surface area contributed by atoms with Crippen LogP contribution in [0.15, 0.2) is 45.4 Å². The maximum atomic E-state index is 11.9. The number of hydrogen-bond donors (Lipinski definition) is 0. The molecule has 3 rings (SSSR count). The van der Waals surface area contributed by atoms with Gasteiger partial charge in [0.15, 0.2) is 12.4 Å². The highest BCUT2D eigenvalue weighted by molar-refractivity contribution is 5.72. The number of carbonyl (C=O) groups excluding carboxylic acids is 1. The summed E-state index contributed by atoms with van der Waals surface area (Å²) in [6.45, 7) is 3.99. The van der Waals surface area contributed by atoms with Crippen LogP contribution in [0.4, 0.5) is 0 Å². The molecule has 2 aromatic heterocycles. The fraction of sp³-hybridized carbons (Fsp3) is 0.235. The fourth-order valence-corrected chi connectivity index (χ4v) is 2.09.